The lowest BCUT2D eigenvalue weighted by atomic mass is 10.1. The van der Waals surface area contributed by atoms with Crippen LogP contribution in [-0.2, 0) is 4.74 Å². The molecule has 3 atom stereocenters. The Labute approximate surface area is 163 Å². The molecule has 6 nitrogen and oxygen atoms in total. The van der Waals surface area contributed by atoms with E-state index >= 15 is 0 Å². The van der Waals surface area contributed by atoms with Crippen LogP contribution in [0.5, 0.6) is 5.75 Å². The summed E-state index contributed by atoms with van der Waals surface area (Å²) in [5.41, 5.74) is 1.50. The van der Waals surface area contributed by atoms with Crippen molar-refractivity contribution in [1.29, 1.82) is 0 Å². The first-order valence-corrected chi connectivity index (χ1v) is 9.42. The minimum absolute atomic E-state index is 0.0352. The summed E-state index contributed by atoms with van der Waals surface area (Å²) in [5, 5.41) is 3.82. The Morgan fingerprint density at radius 2 is 2.11 bits per heavy atom. The highest BCUT2D eigenvalue weighted by Gasteiger charge is 2.38. The zero-order valence-electron chi connectivity index (χ0n) is 15.1. The highest BCUT2D eigenvalue weighted by molar-refractivity contribution is 6.30. The Balaban J connectivity index is 1.37. The molecule has 1 N–H and O–H groups in total. The Hall–Kier alpha value is -2.15. The van der Waals surface area contributed by atoms with Crippen molar-refractivity contribution in [2.45, 2.75) is 24.6 Å². The van der Waals surface area contributed by atoms with Crippen LogP contribution in [0.2, 0.25) is 5.02 Å². The maximum absolute atomic E-state index is 12.5. The van der Waals surface area contributed by atoms with Crippen molar-refractivity contribution in [2.24, 2.45) is 0 Å². The third kappa shape index (κ3) is 4.08. The van der Waals surface area contributed by atoms with Crippen LogP contribution in [0.3, 0.4) is 0 Å². The fourth-order valence-corrected chi connectivity index (χ4v) is 3.91. The topological polar surface area (TPSA) is 63.7 Å². The summed E-state index contributed by atoms with van der Waals surface area (Å²) in [5.74, 6) is 0.451. The molecule has 3 heterocycles. The van der Waals surface area contributed by atoms with E-state index in [0.717, 1.165) is 30.1 Å². The number of nitrogens with zero attached hydrogens (tertiary/aromatic N) is 2. The molecule has 4 rings (SSSR count). The molecule has 1 aromatic heterocycles. The van der Waals surface area contributed by atoms with Crippen molar-refractivity contribution in [1.82, 2.24) is 15.2 Å². The third-order valence-corrected chi connectivity index (χ3v) is 5.45. The van der Waals surface area contributed by atoms with Gasteiger partial charge in [0, 0.05) is 42.5 Å². The molecule has 7 heteroatoms. The Kier molecular flexibility index (Phi) is 5.29. The van der Waals surface area contributed by atoms with Crippen molar-refractivity contribution in [3.63, 3.8) is 0 Å². The van der Waals surface area contributed by atoms with Crippen molar-refractivity contribution >= 4 is 17.5 Å². The lowest BCUT2D eigenvalue weighted by Gasteiger charge is -2.35. The van der Waals surface area contributed by atoms with Gasteiger partial charge in [-0.2, -0.15) is 0 Å². The SMILES string of the molecule is COc1ccnc(C(=O)N[C@@H]2C[C@H]3CO[C@@H](c4ccc(Cl)cc4)CN3C2)c1. The fourth-order valence-electron chi connectivity index (χ4n) is 3.78. The molecule has 27 heavy (non-hydrogen) atoms. The number of hydrogen-bond acceptors (Lipinski definition) is 5. The van der Waals surface area contributed by atoms with E-state index in [-0.39, 0.29) is 18.1 Å². The highest BCUT2D eigenvalue weighted by atomic mass is 35.5. The summed E-state index contributed by atoms with van der Waals surface area (Å²) < 4.78 is 11.2. The molecule has 0 radical (unpaired) electrons. The van der Waals surface area contributed by atoms with Gasteiger partial charge >= 0.3 is 0 Å². The van der Waals surface area contributed by atoms with Crippen LogP contribution in [0.4, 0.5) is 0 Å². The fraction of sp³-hybridized carbons (Fsp3) is 0.400. The Morgan fingerprint density at radius 1 is 1.30 bits per heavy atom. The second-order valence-corrected chi connectivity index (χ2v) is 7.40. The molecule has 0 saturated carbocycles. The second-order valence-electron chi connectivity index (χ2n) is 6.97. The number of carbonyl (C=O) groups excluding carboxylic acids is 1. The number of fused-ring (bicyclic) bond motifs is 1. The van der Waals surface area contributed by atoms with Gasteiger partial charge in [0.2, 0.25) is 0 Å². The molecule has 2 aliphatic heterocycles. The number of ether oxygens (including phenoxy) is 2. The van der Waals surface area contributed by atoms with Crippen molar-refractivity contribution in [3.8, 4) is 5.75 Å². The Bertz CT molecular complexity index is 814. The number of morpholine rings is 1. The molecule has 0 aliphatic carbocycles. The van der Waals surface area contributed by atoms with E-state index in [9.17, 15) is 4.79 Å². The molecule has 2 aromatic rings. The molecule has 2 aliphatic rings. The molecule has 0 unspecified atom stereocenters. The molecule has 0 spiro atoms. The number of halogens is 1. The van der Waals surface area contributed by atoms with Crippen molar-refractivity contribution in [3.05, 3.63) is 58.9 Å². The molecule has 2 fully saturated rings. The van der Waals surface area contributed by atoms with Crippen LogP contribution in [0, 0.1) is 0 Å². The lowest BCUT2D eigenvalue weighted by Crippen LogP contribution is -2.43. The Morgan fingerprint density at radius 3 is 2.89 bits per heavy atom. The van der Waals surface area contributed by atoms with Crippen LogP contribution >= 0.6 is 11.6 Å². The van der Waals surface area contributed by atoms with Crippen LogP contribution in [-0.4, -0.2) is 54.7 Å². The molecule has 1 aromatic carbocycles. The number of rotatable bonds is 4. The van der Waals surface area contributed by atoms with Gasteiger partial charge < -0.3 is 14.8 Å². The quantitative estimate of drug-likeness (QED) is 0.873. The van der Waals surface area contributed by atoms with Gasteiger partial charge in [-0.25, -0.2) is 0 Å². The average Bonchev–Trinajstić information content (AvgIpc) is 3.10. The van der Waals surface area contributed by atoms with Crippen LogP contribution < -0.4 is 10.1 Å². The van der Waals surface area contributed by atoms with Crippen molar-refractivity contribution in [2.75, 3.05) is 26.8 Å². The number of methoxy groups -OCH3 is 1. The number of aromatic nitrogens is 1. The second kappa shape index (κ2) is 7.84. The summed E-state index contributed by atoms with van der Waals surface area (Å²) in [6, 6.07) is 11.6. The molecular weight excluding hydrogens is 366 g/mol. The third-order valence-electron chi connectivity index (χ3n) is 5.19. The van der Waals surface area contributed by atoms with Crippen LogP contribution in [0.25, 0.3) is 0 Å². The van der Waals surface area contributed by atoms with Gasteiger partial charge in [0.25, 0.3) is 5.91 Å². The maximum Gasteiger partial charge on any atom is 0.270 e. The zero-order chi connectivity index (χ0) is 18.8. The number of amides is 1. The molecular formula is C20H22ClN3O3. The van der Waals surface area contributed by atoms with Gasteiger partial charge in [0.1, 0.15) is 11.4 Å². The summed E-state index contributed by atoms with van der Waals surface area (Å²) in [7, 11) is 1.57. The lowest BCUT2D eigenvalue weighted by molar-refractivity contribution is -0.0502. The average molecular weight is 388 g/mol. The predicted molar refractivity (Wildman–Crippen MR) is 102 cm³/mol. The number of hydrogen-bond donors (Lipinski definition) is 1. The first-order valence-electron chi connectivity index (χ1n) is 9.04. The summed E-state index contributed by atoms with van der Waals surface area (Å²) in [6.07, 6.45) is 2.49. The first-order chi connectivity index (χ1) is 13.1. The number of pyridine rings is 1. The highest BCUT2D eigenvalue weighted by Crippen LogP contribution is 2.31. The number of nitrogens with one attached hydrogen (secondary N) is 1. The minimum Gasteiger partial charge on any atom is -0.497 e. The summed E-state index contributed by atoms with van der Waals surface area (Å²) in [6.45, 7) is 2.29. The van der Waals surface area contributed by atoms with E-state index in [0.29, 0.717) is 24.1 Å². The molecule has 0 bridgehead atoms. The van der Waals surface area contributed by atoms with Gasteiger partial charge in [-0.05, 0) is 30.2 Å². The van der Waals surface area contributed by atoms with E-state index in [4.69, 9.17) is 21.1 Å². The minimum atomic E-state index is -0.172. The van der Waals surface area contributed by atoms with Gasteiger partial charge in [-0.15, -0.1) is 0 Å². The van der Waals surface area contributed by atoms with E-state index in [1.54, 1.807) is 25.4 Å². The smallest absolute Gasteiger partial charge is 0.270 e. The first kappa shape index (κ1) is 18.2. The molecule has 142 valence electrons. The van der Waals surface area contributed by atoms with Gasteiger partial charge in [-0.3, -0.25) is 14.7 Å². The maximum atomic E-state index is 12.5. The van der Waals surface area contributed by atoms with Gasteiger partial charge in [0.15, 0.2) is 0 Å². The van der Waals surface area contributed by atoms with Crippen LogP contribution in [0.1, 0.15) is 28.6 Å². The normalized spacial score (nSPS) is 25.0. The standard InChI is InChI=1S/C20H22ClN3O3/c1-26-17-6-7-22-18(9-17)20(25)23-15-8-16-12-27-19(11-24(16)10-15)13-2-4-14(21)5-3-13/h2-7,9,15-16,19H,8,10-12H2,1H3,(H,23,25)/t15-,16+,19-/m1/s1. The van der Waals surface area contributed by atoms with Crippen LogP contribution in [0.15, 0.2) is 42.6 Å². The van der Waals surface area contributed by atoms with E-state index < -0.39 is 0 Å². The summed E-state index contributed by atoms with van der Waals surface area (Å²) >= 11 is 5.97. The monoisotopic (exact) mass is 387 g/mol. The van der Waals surface area contributed by atoms with E-state index in [2.05, 4.69) is 15.2 Å². The predicted octanol–water partition coefficient (Wildman–Crippen LogP) is 2.69. The molecule has 1 amide bonds. The summed E-state index contributed by atoms with van der Waals surface area (Å²) in [4.78, 5) is 19.0. The van der Waals surface area contributed by atoms with E-state index in [1.165, 1.54) is 0 Å². The van der Waals surface area contributed by atoms with E-state index in [1.807, 2.05) is 24.3 Å². The largest absolute Gasteiger partial charge is 0.497 e. The zero-order valence-corrected chi connectivity index (χ0v) is 15.9. The molecule has 2 saturated heterocycles. The number of carbonyl (C=O) groups is 1. The van der Waals surface area contributed by atoms with Crippen molar-refractivity contribution < 1.29 is 14.3 Å². The number of benzene rings is 1. The van der Waals surface area contributed by atoms with Gasteiger partial charge in [-0.1, -0.05) is 23.7 Å². The van der Waals surface area contributed by atoms with Gasteiger partial charge in [0.05, 0.1) is 19.8 Å².